The zero-order valence-corrected chi connectivity index (χ0v) is 17.1. The molecule has 1 unspecified atom stereocenters. The van der Waals surface area contributed by atoms with Crippen LogP contribution < -0.4 is 0 Å². The summed E-state index contributed by atoms with van der Waals surface area (Å²) >= 11 is 0. The molecule has 7 rings (SSSR count). The van der Waals surface area contributed by atoms with Crippen molar-refractivity contribution in [1.82, 2.24) is 9.97 Å². The van der Waals surface area contributed by atoms with Crippen LogP contribution in [0.5, 0.6) is 0 Å². The first-order chi connectivity index (χ1) is 15.3. The van der Waals surface area contributed by atoms with E-state index in [1.807, 2.05) is 24.4 Å². The van der Waals surface area contributed by atoms with Gasteiger partial charge in [-0.05, 0) is 77.3 Å². The van der Waals surface area contributed by atoms with E-state index in [9.17, 15) is 4.79 Å². The van der Waals surface area contributed by atoms with Crippen LogP contribution in [0.3, 0.4) is 0 Å². The summed E-state index contributed by atoms with van der Waals surface area (Å²) in [5.41, 5.74) is 9.71. The Bertz CT molecular complexity index is 1410. The number of benzene rings is 1. The standard InChI is InChI=1S/C28H20N2O/c31-27-21-11-6-16-30-26(21)25-20(10-5-15-29-25)24-19-9-3-2-8-18(19)23-14-13-17-7-1-4-12-22(17)28(23,24)27/h1,4-7,10-16H,2-3,8-9H2. The van der Waals surface area contributed by atoms with Crippen LogP contribution >= 0.6 is 0 Å². The third kappa shape index (κ3) is 1.97. The minimum Gasteiger partial charge on any atom is -0.292 e. The van der Waals surface area contributed by atoms with Gasteiger partial charge >= 0.3 is 0 Å². The molecule has 31 heavy (non-hydrogen) atoms. The van der Waals surface area contributed by atoms with Crippen molar-refractivity contribution < 1.29 is 4.79 Å². The van der Waals surface area contributed by atoms with Crippen molar-refractivity contribution in [3.05, 3.63) is 106 Å². The smallest absolute Gasteiger partial charge is 0.184 e. The minimum absolute atomic E-state index is 0.129. The van der Waals surface area contributed by atoms with Crippen molar-refractivity contribution in [2.45, 2.75) is 31.1 Å². The van der Waals surface area contributed by atoms with Crippen LogP contribution in [0.4, 0.5) is 0 Å². The van der Waals surface area contributed by atoms with E-state index in [4.69, 9.17) is 4.98 Å². The Labute approximate surface area is 180 Å². The molecule has 2 aromatic heterocycles. The number of allylic oxidation sites excluding steroid dienone is 5. The van der Waals surface area contributed by atoms with Gasteiger partial charge in [0.1, 0.15) is 11.1 Å². The summed E-state index contributed by atoms with van der Waals surface area (Å²) < 4.78 is 0. The molecule has 1 fully saturated rings. The fourth-order valence-electron chi connectivity index (χ4n) is 6.23. The second-order valence-electron chi connectivity index (χ2n) is 8.75. The van der Waals surface area contributed by atoms with E-state index in [0.717, 1.165) is 47.2 Å². The zero-order valence-electron chi connectivity index (χ0n) is 17.1. The molecule has 1 aromatic carbocycles. The SMILES string of the molecule is O=C1c2cccnc2-c2ncccc2C2=C3CCCCC3=C3C=Cc4ccccc4C132. The molecule has 3 heteroatoms. The van der Waals surface area contributed by atoms with Gasteiger partial charge in [-0.15, -0.1) is 0 Å². The van der Waals surface area contributed by atoms with Gasteiger partial charge in [-0.2, -0.15) is 0 Å². The molecule has 0 aliphatic heterocycles. The van der Waals surface area contributed by atoms with Gasteiger partial charge in [-0.25, -0.2) is 0 Å². The summed E-state index contributed by atoms with van der Waals surface area (Å²) in [6.07, 6.45) is 12.3. The van der Waals surface area contributed by atoms with E-state index in [-0.39, 0.29) is 5.78 Å². The van der Waals surface area contributed by atoms with E-state index in [0.29, 0.717) is 11.3 Å². The van der Waals surface area contributed by atoms with E-state index in [1.165, 1.54) is 23.1 Å². The lowest BCUT2D eigenvalue weighted by Crippen LogP contribution is -2.39. The third-order valence-electron chi connectivity index (χ3n) is 7.36. The Morgan fingerprint density at radius 1 is 0.742 bits per heavy atom. The monoisotopic (exact) mass is 400 g/mol. The van der Waals surface area contributed by atoms with Gasteiger partial charge < -0.3 is 0 Å². The average Bonchev–Trinajstić information content (AvgIpc) is 3.10. The van der Waals surface area contributed by atoms with Crippen molar-refractivity contribution >= 4 is 17.4 Å². The highest BCUT2D eigenvalue weighted by atomic mass is 16.1. The average molecular weight is 400 g/mol. The Morgan fingerprint density at radius 2 is 1.45 bits per heavy atom. The number of rotatable bonds is 0. The van der Waals surface area contributed by atoms with Gasteiger partial charge in [0.15, 0.2) is 5.78 Å². The van der Waals surface area contributed by atoms with E-state index >= 15 is 0 Å². The highest BCUT2D eigenvalue weighted by molar-refractivity contribution is 6.23. The fourth-order valence-corrected chi connectivity index (χ4v) is 6.23. The first kappa shape index (κ1) is 17.1. The van der Waals surface area contributed by atoms with Crippen molar-refractivity contribution in [2.24, 2.45) is 0 Å². The number of ketones is 1. The van der Waals surface area contributed by atoms with Gasteiger partial charge in [-0.3, -0.25) is 14.8 Å². The molecule has 0 saturated heterocycles. The van der Waals surface area contributed by atoms with Crippen LogP contribution in [-0.4, -0.2) is 15.8 Å². The number of fused-ring (bicyclic) bond motifs is 6. The van der Waals surface area contributed by atoms with Crippen molar-refractivity contribution in [3.8, 4) is 11.4 Å². The van der Waals surface area contributed by atoms with Crippen molar-refractivity contribution in [2.75, 3.05) is 0 Å². The fraction of sp³-hybridized carbons (Fsp3) is 0.179. The lowest BCUT2D eigenvalue weighted by atomic mass is 9.62. The van der Waals surface area contributed by atoms with Crippen LogP contribution in [0, 0.1) is 0 Å². The Morgan fingerprint density at radius 3 is 2.29 bits per heavy atom. The Balaban J connectivity index is 1.72. The molecule has 1 atom stereocenters. The highest BCUT2D eigenvalue weighted by Crippen LogP contribution is 2.62. The first-order valence-electron chi connectivity index (χ1n) is 11.0. The summed E-state index contributed by atoms with van der Waals surface area (Å²) in [6, 6.07) is 16.3. The molecular formula is C28H20N2O. The summed E-state index contributed by atoms with van der Waals surface area (Å²) in [7, 11) is 0. The number of carbonyl (C=O) groups excluding carboxylic acids is 1. The van der Waals surface area contributed by atoms with Crippen LogP contribution in [-0.2, 0) is 5.41 Å². The number of pyridine rings is 2. The third-order valence-corrected chi connectivity index (χ3v) is 7.36. The van der Waals surface area contributed by atoms with Crippen molar-refractivity contribution in [3.63, 3.8) is 0 Å². The van der Waals surface area contributed by atoms with Gasteiger partial charge in [0.05, 0.1) is 5.69 Å². The molecular weight excluding hydrogens is 380 g/mol. The summed E-state index contributed by atoms with van der Waals surface area (Å²) in [5.74, 6) is 0.129. The predicted molar refractivity (Wildman–Crippen MR) is 121 cm³/mol. The number of carbonyl (C=O) groups is 1. The Kier molecular flexibility index (Phi) is 3.30. The molecule has 0 radical (unpaired) electrons. The number of hydrogen-bond donors (Lipinski definition) is 0. The minimum atomic E-state index is -0.813. The van der Waals surface area contributed by atoms with Gasteiger partial charge in [0.2, 0.25) is 0 Å². The van der Waals surface area contributed by atoms with Crippen molar-refractivity contribution in [1.29, 1.82) is 0 Å². The topological polar surface area (TPSA) is 42.9 Å². The molecule has 1 spiro atoms. The highest BCUT2D eigenvalue weighted by Gasteiger charge is 2.57. The molecule has 0 bridgehead atoms. The molecule has 3 nitrogen and oxygen atoms in total. The largest absolute Gasteiger partial charge is 0.292 e. The summed E-state index contributed by atoms with van der Waals surface area (Å²) in [4.78, 5) is 24.1. The molecule has 0 amide bonds. The van der Waals surface area contributed by atoms with Crippen LogP contribution in [0.1, 0.15) is 52.7 Å². The normalized spacial score (nSPS) is 22.8. The molecule has 2 heterocycles. The number of Topliss-reactive ketones (excluding diaryl/α,β-unsaturated/α-hetero) is 1. The number of nitrogens with zero attached hydrogens (tertiary/aromatic N) is 2. The lowest BCUT2D eigenvalue weighted by Gasteiger charge is -2.37. The second-order valence-corrected chi connectivity index (χ2v) is 8.75. The maximum atomic E-state index is 14.7. The second kappa shape index (κ2) is 5.98. The maximum Gasteiger partial charge on any atom is 0.184 e. The predicted octanol–water partition coefficient (Wildman–Crippen LogP) is 5.94. The maximum absolute atomic E-state index is 14.7. The molecule has 1 saturated carbocycles. The number of hydrogen-bond acceptors (Lipinski definition) is 3. The molecule has 4 aliphatic rings. The summed E-state index contributed by atoms with van der Waals surface area (Å²) in [5, 5.41) is 0. The Hall–Kier alpha value is -3.59. The molecule has 148 valence electrons. The van der Waals surface area contributed by atoms with E-state index in [2.05, 4.69) is 47.5 Å². The van der Waals surface area contributed by atoms with Crippen LogP contribution in [0.25, 0.3) is 23.0 Å². The lowest BCUT2D eigenvalue weighted by molar-refractivity contribution is 0.0945. The molecule has 0 N–H and O–H groups in total. The van der Waals surface area contributed by atoms with Crippen LogP contribution in [0.15, 0.2) is 83.7 Å². The van der Waals surface area contributed by atoms with Gasteiger partial charge in [0, 0.05) is 23.5 Å². The molecule has 3 aromatic rings. The van der Waals surface area contributed by atoms with Crippen LogP contribution in [0.2, 0.25) is 0 Å². The van der Waals surface area contributed by atoms with E-state index in [1.54, 1.807) is 6.20 Å². The van der Waals surface area contributed by atoms with Gasteiger partial charge in [-0.1, -0.05) is 42.5 Å². The number of aromatic nitrogens is 2. The van der Waals surface area contributed by atoms with Gasteiger partial charge in [0.25, 0.3) is 0 Å². The van der Waals surface area contributed by atoms with E-state index < -0.39 is 5.41 Å². The zero-order chi connectivity index (χ0) is 20.6. The quantitative estimate of drug-likeness (QED) is 0.469. The molecule has 4 aliphatic carbocycles. The summed E-state index contributed by atoms with van der Waals surface area (Å²) in [6.45, 7) is 0. The first-order valence-corrected chi connectivity index (χ1v) is 11.0.